The molecule has 0 aromatic heterocycles. The largest absolute Gasteiger partial charge is 0.193 e. The Bertz CT molecular complexity index is 619. The van der Waals surface area contributed by atoms with Crippen molar-refractivity contribution in [2.24, 2.45) is 17.8 Å². The Morgan fingerprint density at radius 3 is 2.07 bits per heavy atom. The molecule has 0 aliphatic heterocycles. The Hall–Kier alpha value is -1.55. The van der Waals surface area contributed by atoms with Gasteiger partial charge in [-0.15, -0.1) is 0 Å². The van der Waals surface area contributed by atoms with Gasteiger partial charge in [0.1, 0.15) is 0 Å². The van der Waals surface area contributed by atoms with Crippen molar-refractivity contribution in [3.8, 4) is 6.07 Å². The van der Waals surface area contributed by atoms with Gasteiger partial charge in [0.25, 0.3) is 0 Å². The third kappa shape index (κ3) is 6.51. The van der Waals surface area contributed by atoms with E-state index in [9.17, 15) is 0 Å². The third-order valence-corrected chi connectivity index (χ3v) is 7.43. The predicted octanol–water partition coefficient (Wildman–Crippen LogP) is 7.97. The minimum atomic E-state index is 0.666. The Kier molecular flexibility index (Phi) is 8.66. The van der Waals surface area contributed by atoms with Crippen LogP contribution >= 0.6 is 0 Å². The SMILES string of the molecule is CCCCc1ccc(C2CCC(CCC3CCC(/C=C/C#N)CC3)CC2)cc1. The number of hydrogen-bond donors (Lipinski definition) is 0. The van der Waals surface area contributed by atoms with Gasteiger partial charge in [-0.25, -0.2) is 0 Å². The lowest BCUT2D eigenvalue weighted by molar-refractivity contribution is 0.246. The number of allylic oxidation sites excluding steroid dienone is 2. The van der Waals surface area contributed by atoms with E-state index in [0.717, 1.165) is 17.8 Å². The van der Waals surface area contributed by atoms with Crippen LogP contribution in [0.15, 0.2) is 36.4 Å². The topological polar surface area (TPSA) is 23.8 Å². The second-order valence-corrected chi connectivity index (χ2v) is 9.41. The summed E-state index contributed by atoms with van der Waals surface area (Å²) < 4.78 is 0. The maximum atomic E-state index is 8.68. The molecular weight excluding hydrogens is 338 g/mol. The summed E-state index contributed by atoms with van der Waals surface area (Å²) in [4.78, 5) is 0. The van der Waals surface area contributed by atoms with E-state index in [4.69, 9.17) is 5.26 Å². The molecule has 152 valence electrons. The van der Waals surface area contributed by atoms with Crippen molar-refractivity contribution in [3.05, 3.63) is 47.5 Å². The van der Waals surface area contributed by atoms with Crippen LogP contribution in [0.2, 0.25) is 0 Å². The summed E-state index contributed by atoms with van der Waals surface area (Å²) in [6.07, 6.45) is 21.5. The lowest BCUT2D eigenvalue weighted by Crippen LogP contribution is -2.17. The Morgan fingerprint density at radius 1 is 0.893 bits per heavy atom. The lowest BCUT2D eigenvalue weighted by atomic mass is 9.74. The highest BCUT2D eigenvalue weighted by molar-refractivity contribution is 5.26. The zero-order valence-electron chi connectivity index (χ0n) is 17.9. The van der Waals surface area contributed by atoms with E-state index >= 15 is 0 Å². The molecule has 0 N–H and O–H groups in total. The van der Waals surface area contributed by atoms with Gasteiger partial charge in [-0.1, -0.05) is 56.5 Å². The van der Waals surface area contributed by atoms with Crippen LogP contribution in [0.25, 0.3) is 0 Å². The molecule has 0 unspecified atom stereocenters. The summed E-state index contributed by atoms with van der Waals surface area (Å²) in [5.41, 5.74) is 3.10. The van der Waals surface area contributed by atoms with Crippen LogP contribution in [0.1, 0.15) is 101 Å². The van der Waals surface area contributed by atoms with E-state index in [0.29, 0.717) is 5.92 Å². The quantitative estimate of drug-likeness (QED) is 0.421. The summed E-state index contributed by atoms with van der Waals surface area (Å²) in [5.74, 6) is 3.38. The molecule has 0 amide bonds. The van der Waals surface area contributed by atoms with Crippen LogP contribution in [-0.4, -0.2) is 0 Å². The smallest absolute Gasteiger partial charge is 0.0908 e. The molecule has 0 atom stereocenters. The minimum Gasteiger partial charge on any atom is -0.193 e. The van der Waals surface area contributed by atoms with Crippen molar-refractivity contribution >= 4 is 0 Å². The zero-order chi connectivity index (χ0) is 19.6. The Balaban J connectivity index is 1.34. The van der Waals surface area contributed by atoms with Gasteiger partial charge in [0.15, 0.2) is 0 Å². The van der Waals surface area contributed by atoms with Crippen molar-refractivity contribution < 1.29 is 0 Å². The van der Waals surface area contributed by atoms with E-state index in [1.54, 1.807) is 11.6 Å². The molecule has 3 rings (SSSR count). The molecule has 1 nitrogen and oxygen atoms in total. The molecule has 2 aliphatic carbocycles. The van der Waals surface area contributed by atoms with Gasteiger partial charge in [-0.2, -0.15) is 5.26 Å². The molecule has 2 saturated carbocycles. The molecule has 0 bridgehead atoms. The average Bonchev–Trinajstić information content (AvgIpc) is 2.76. The molecule has 28 heavy (non-hydrogen) atoms. The highest BCUT2D eigenvalue weighted by Crippen LogP contribution is 2.40. The fourth-order valence-electron chi connectivity index (χ4n) is 5.44. The molecule has 0 saturated heterocycles. The molecule has 0 heterocycles. The fourth-order valence-corrected chi connectivity index (χ4v) is 5.44. The zero-order valence-corrected chi connectivity index (χ0v) is 17.9. The lowest BCUT2D eigenvalue weighted by Gasteiger charge is -2.31. The summed E-state index contributed by atoms with van der Waals surface area (Å²) in [7, 11) is 0. The van der Waals surface area contributed by atoms with E-state index in [-0.39, 0.29) is 0 Å². The second-order valence-electron chi connectivity index (χ2n) is 9.41. The third-order valence-electron chi connectivity index (χ3n) is 7.43. The molecule has 1 aromatic carbocycles. The van der Waals surface area contributed by atoms with Crippen LogP contribution in [0, 0.1) is 29.1 Å². The Labute approximate surface area is 173 Å². The van der Waals surface area contributed by atoms with Gasteiger partial charge < -0.3 is 0 Å². The Morgan fingerprint density at radius 2 is 1.50 bits per heavy atom. The van der Waals surface area contributed by atoms with Crippen molar-refractivity contribution in [3.63, 3.8) is 0 Å². The van der Waals surface area contributed by atoms with E-state index in [1.807, 2.05) is 0 Å². The van der Waals surface area contributed by atoms with Crippen molar-refractivity contribution in [1.29, 1.82) is 5.26 Å². The first-order chi connectivity index (χ1) is 13.8. The van der Waals surface area contributed by atoms with Crippen molar-refractivity contribution in [1.82, 2.24) is 0 Å². The first-order valence-corrected chi connectivity index (χ1v) is 11.9. The second kappa shape index (κ2) is 11.5. The summed E-state index contributed by atoms with van der Waals surface area (Å²) >= 11 is 0. The molecule has 1 heteroatoms. The molecule has 2 aliphatic rings. The first-order valence-electron chi connectivity index (χ1n) is 11.9. The fraction of sp³-hybridized carbons (Fsp3) is 0.667. The normalized spacial score (nSPS) is 28.3. The summed E-state index contributed by atoms with van der Waals surface area (Å²) in [5, 5.41) is 8.68. The number of unbranched alkanes of at least 4 members (excludes halogenated alkanes) is 1. The summed E-state index contributed by atoms with van der Waals surface area (Å²) in [6, 6.07) is 11.7. The van der Waals surface area contributed by atoms with Crippen LogP contribution in [0.5, 0.6) is 0 Å². The number of rotatable bonds is 8. The molecular formula is C27H39N. The highest BCUT2D eigenvalue weighted by Gasteiger charge is 2.24. The van der Waals surface area contributed by atoms with Gasteiger partial charge in [0, 0.05) is 6.08 Å². The summed E-state index contributed by atoms with van der Waals surface area (Å²) in [6.45, 7) is 2.27. The van der Waals surface area contributed by atoms with Crippen molar-refractivity contribution in [2.75, 3.05) is 0 Å². The molecule has 1 aromatic rings. The van der Waals surface area contributed by atoms with Gasteiger partial charge in [0.05, 0.1) is 6.07 Å². The van der Waals surface area contributed by atoms with Crippen molar-refractivity contribution in [2.45, 2.75) is 96.3 Å². The van der Waals surface area contributed by atoms with Crippen LogP contribution < -0.4 is 0 Å². The number of nitriles is 1. The molecule has 0 spiro atoms. The van der Waals surface area contributed by atoms with Gasteiger partial charge in [0.2, 0.25) is 0 Å². The van der Waals surface area contributed by atoms with E-state index < -0.39 is 0 Å². The van der Waals surface area contributed by atoms with Gasteiger partial charge in [-0.05, 0) is 99.0 Å². The van der Waals surface area contributed by atoms with Crippen LogP contribution in [0.4, 0.5) is 0 Å². The number of nitrogens with zero attached hydrogens (tertiary/aromatic N) is 1. The minimum absolute atomic E-state index is 0.666. The number of hydrogen-bond acceptors (Lipinski definition) is 1. The average molecular weight is 378 g/mol. The highest BCUT2D eigenvalue weighted by atomic mass is 14.3. The maximum absolute atomic E-state index is 8.68. The van der Waals surface area contributed by atoms with E-state index in [2.05, 4.69) is 43.3 Å². The van der Waals surface area contributed by atoms with Crippen LogP contribution in [-0.2, 0) is 6.42 Å². The standard InChI is InChI=1S/C27H39N/c1-2-3-5-22-13-17-26(18-14-22)27-19-15-25(16-20-27)12-11-24-9-7-23(8-10-24)6-4-21-28/h4,6,13-14,17-18,23-25,27H,2-3,5,7-12,15-16,19-20H2,1H3/b6-4+. The first kappa shape index (κ1) is 21.2. The van der Waals surface area contributed by atoms with Gasteiger partial charge >= 0.3 is 0 Å². The predicted molar refractivity (Wildman–Crippen MR) is 119 cm³/mol. The van der Waals surface area contributed by atoms with Crippen LogP contribution in [0.3, 0.4) is 0 Å². The molecule has 0 radical (unpaired) electrons. The van der Waals surface area contributed by atoms with Gasteiger partial charge in [-0.3, -0.25) is 0 Å². The number of benzene rings is 1. The number of aryl methyl sites for hydroxylation is 1. The monoisotopic (exact) mass is 377 g/mol. The molecule has 2 fully saturated rings. The maximum Gasteiger partial charge on any atom is 0.0908 e. The van der Waals surface area contributed by atoms with E-state index in [1.165, 1.54) is 89.0 Å².